The maximum atomic E-state index is 13.1. The third kappa shape index (κ3) is 4.98. The molecule has 1 rings (SSSR count). The van der Waals surface area contributed by atoms with Crippen LogP contribution in [0, 0.1) is 5.82 Å². The van der Waals surface area contributed by atoms with Crippen molar-refractivity contribution in [2.75, 3.05) is 0 Å². The number of carboxylic acid groups (broad SMARTS) is 1. The number of rotatable bonds is 6. The van der Waals surface area contributed by atoms with Gasteiger partial charge in [-0.25, -0.2) is 9.18 Å². The van der Waals surface area contributed by atoms with Gasteiger partial charge in [-0.2, -0.15) is 0 Å². The Hall–Kier alpha value is -1.43. The van der Waals surface area contributed by atoms with Gasteiger partial charge in [0, 0.05) is 4.47 Å². The van der Waals surface area contributed by atoms with Crippen molar-refractivity contribution in [3.8, 4) is 0 Å². The van der Waals surface area contributed by atoms with Crippen LogP contribution in [-0.2, 0) is 16.0 Å². The summed E-state index contributed by atoms with van der Waals surface area (Å²) < 4.78 is 13.7. The maximum absolute atomic E-state index is 13.1. The lowest BCUT2D eigenvalue weighted by atomic mass is 10.1. The second-order valence-corrected chi connectivity index (χ2v) is 5.01. The van der Waals surface area contributed by atoms with Gasteiger partial charge in [-0.05, 0) is 30.2 Å². The number of aliphatic carboxylic acids is 1. The van der Waals surface area contributed by atoms with Gasteiger partial charge >= 0.3 is 5.97 Å². The number of hydrogen-bond acceptors (Lipinski definition) is 2. The summed E-state index contributed by atoms with van der Waals surface area (Å²) in [6, 6.07) is 3.14. The average Bonchev–Trinajstić information content (AvgIpc) is 2.33. The highest BCUT2D eigenvalue weighted by atomic mass is 79.9. The number of hydrogen-bond donors (Lipinski definition) is 2. The summed E-state index contributed by atoms with van der Waals surface area (Å²) in [6.45, 7) is 1.84. The third-order valence-electron chi connectivity index (χ3n) is 2.57. The van der Waals surface area contributed by atoms with E-state index in [1.165, 1.54) is 18.2 Å². The number of amides is 1. The first-order chi connectivity index (χ1) is 8.93. The normalized spacial score (nSPS) is 11.9. The van der Waals surface area contributed by atoms with E-state index in [0.29, 0.717) is 22.9 Å². The predicted octanol–water partition coefficient (Wildman–Crippen LogP) is 2.50. The molecule has 2 N–H and O–H groups in total. The Morgan fingerprint density at radius 3 is 2.74 bits per heavy atom. The minimum absolute atomic E-state index is 0.0637. The number of carbonyl (C=O) groups excluding carboxylic acids is 1. The van der Waals surface area contributed by atoms with Crippen LogP contribution in [-0.4, -0.2) is 23.0 Å². The fourth-order valence-corrected chi connectivity index (χ4v) is 2.03. The molecule has 19 heavy (non-hydrogen) atoms. The molecule has 0 heterocycles. The van der Waals surface area contributed by atoms with Crippen molar-refractivity contribution in [1.82, 2.24) is 5.32 Å². The first-order valence-corrected chi connectivity index (χ1v) is 6.69. The largest absolute Gasteiger partial charge is 0.480 e. The number of carbonyl (C=O) groups is 2. The van der Waals surface area contributed by atoms with Crippen LogP contribution in [0.1, 0.15) is 25.3 Å². The summed E-state index contributed by atoms with van der Waals surface area (Å²) in [5.74, 6) is -1.94. The van der Waals surface area contributed by atoms with E-state index >= 15 is 0 Å². The van der Waals surface area contributed by atoms with Crippen molar-refractivity contribution < 1.29 is 19.1 Å². The van der Waals surface area contributed by atoms with Crippen LogP contribution in [0.4, 0.5) is 4.39 Å². The molecule has 0 aliphatic heterocycles. The minimum Gasteiger partial charge on any atom is -0.480 e. The topological polar surface area (TPSA) is 66.4 Å². The van der Waals surface area contributed by atoms with Crippen molar-refractivity contribution >= 4 is 27.8 Å². The molecule has 0 fully saturated rings. The van der Waals surface area contributed by atoms with Gasteiger partial charge < -0.3 is 10.4 Å². The highest BCUT2D eigenvalue weighted by molar-refractivity contribution is 9.10. The van der Waals surface area contributed by atoms with E-state index in [1.54, 1.807) is 0 Å². The summed E-state index contributed by atoms with van der Waals surface area (Å²) in [5.41, 5.74) is 0.484. The van der Waals surface area contributed by atoms with Crippen LogP contribution in [0.25, 0.3) is 0 Å². The lowest BCUT2D eigenvalue weighted by Gasteiger charge is -2.13. The fraction of sp³-hybridized carbons (Fsp3) is 0.385. The first kappa shape index (κ1) is 15.6. The molecule has 0 saturated carbocycles. The van der Waals surface area contributed by atoms with Gasteiger partial charge in [0.2, 0.25) is 5.91 Å². The van der Waals surface area contributed by atoms with Crippen LogP contribution in [0.15, 0.2) is 22.7 Å². The molecule has 0 aliphatic rings. The van der Waals surface area contributed by atoms with E-state index in [2.05, 4.69) is 21.2 Å². The molecule has 0 aliphatic carbocycles. The molecule has 0 aromatic heterocycles. The fourth-order valence-electron chi connectivity index (χ4n) is 1.64. The van der Waals surface area contributed by atoms with Crippen molar-refractivity contribution in [2.24, 2.45) is 0 Å². The molecule has 1 unspecified atom stereocenters. The second kappa shape index (κ2) is 7.23. The van der Waals surface area contributed by atoms with Crippen molar-refractivity contribution in [3.63, 3.8) is 0 Å². The molecule has 6 heteroatoms. The van der Waals surface area contributed by atoms with Crippen LogP contribution in [0.2, 0.25) is 0 Å². The smallest absolute Gasteiger partial charge is 0.326 e. The second-order valence-electron chi connectivity index (χ2n) is 4.16. The standard InChI is InChI=1S/C13H15BrFNO3/c1-2-3-11(13(18)19)16-12(17)7-8-6-9(15)4-5-10(8)14/h4-6,11H,2-3,7H2,1H3,(H,16,17)(H,18,19). The van der Waals surface area contributed by atoms with Crippen molar-refractivity contribution in [3.05, 3.63) is 34.1 Å². The molecular weight excluding hydrogens is 317 g/mol. The van der Waals surface area contributed by atoms with E-state index in [-0.39, 0.29) is 6.42 Å². The summed E-state index contributed by atoms with van der Waals surface area (Å²) >= 11 is 3.22. The van der Waals surface area contributed by atoms with Crippen LogP contribution < -0.4 is 5.32 Å². The van der Waals surface area contributed by atoms with Gasteiger partial charge in [-0.15, -0.1) is 0 Å². The Morgan fingerprint density at radius 2 is 2.16 bits per heavy atom. The molecule has 0 radical (unpaired) electrons. The first-order valence-electron chi connectivity index (χ1n) is 5.90. The zero-order valence-electron chi connectivity index (χ0n) is 10.5. The predicted molar refractivity (Wildman–Crippen MR) is 72.3 cm³/mol. The van der Waals surface area contributed by atoms with Crippen LogP contribution in [0.3, 0.4) is 0 Å². The number of benzene rings is 1. The lowest BCUT2D eigenvalue weighted by molar-refractivity contribution is -0.141. The molecule has 1 atom stereocenters. The maximum Gasteiger partial charge on any atom is 0.326 e. The molecule has 104 valence electrons. The Bertz CT molecular complexity index is 479. The molecule has 0 saturated heterocycles. The van der Waals surface area contributed by atoms with Gasteiger partial charge in [0.15, 0.2) is 0 Å². The van der Waals surface area contributed by atoms with Crippen molar-refractivity contribution in [1.29, 1.82) is 0 Å². The van der Waals surface area contributed by atoms with E-state index in [1.807, 2.05) is 6.92 Å². The van der Waals surface area contributed by atoms with Gasteiger partial charge in [0.25, 0.3) is 0 Å². The SMILES string of the molecule is CCCC(NC(=O)Cc1cc(F)ccc1Br)C(=O)O. The summed E-state index contributed by atoms with van der Waals surface area (Å²) in [4.78, 5) is 22.7. The van der Waals surface area contributed by atoms with Gasteiger partial charge in [0.05, 0.1) is 6.42 Å². The van der Waals surface area contributed by atoms with Crippen molar-refractivity contribution in [2.45, 2.75) is 32.2 Å². The Balaban J connectivity index is 2.68. The molecule has 0 spiro atoms. The monoisotopic (exact) mass is 331 g/mol. The number of halogens is 2. The third-order valence-corrected chi connectivity index (χ3v) is 3.34. The van der Waals surface area contributed by atoms with E-state index in [0.717, 1.165) is 0 Å². The lowest BCUT2D eigenvalue weighted by Crippen LogP contribution is -2.41. The van der Waals surface area contributed by atoms with E-state index in [4.69, 9.17) is 5.11 Å². The summed E-state index contributed by atoms with van der Waals surface area (Å²) in [7, 11) is 0. The minimum atomic E-state index is -1.06. The molecule has 1 amide bonds. The van der Waals surface area contributed by atoms with E-state index < -0.39 is 23.7 Å². The van der Waals surface area contributed by atoms with Crippen LogP contribution in [0.5, 0.6) is 0 Å². The van der Waals surface area contributed by atoms with E-state index in [9.17, 15) is 14.0 Å². The highest BCUT2D eigenvalue weighted by Crippen LogP contribution is 2.18. The number of nitrogens with one attached hydrogen (secondary N) is 1. The summed E-state index contributed by atoms with van der Waals surface area (Å²) in [6.07, 6.45) is 0.956. The molecule has 1 aromatic carbocycles. The zero-order chi connectivity index (χ0) is 14.4. The van der Waals surface area contributed by atoms with Gasteiger partial charge in [0.1, 0.15) is 11.9 Å². The Morgan fingerprint density at radius 1 is 1.47 bits per heavy atom. The molecule has 1 aromatic rings. The zero-order valence-corrected chi connectivity index (χ0v) is 12.0. The highest BCUT2D eigenvalue weighted by Gasteiger charge is 2.19. The Labute approximate surface area is 119 Å². The molecule has 0 bridgehead atoms. The van der Waals surface area contributed by atoms with Gasteiger partial charge in [-0.3, -0.25) is 4.79 Å². The number of carboxylic acids is 1. The average molecular weight is 332 g/mol. The Kier molecular flexibility index (Phi) is 5.95. The quantitative estimate of drug-likeness (QED) is 0.841. The summed E-state index contributed by atoms with van der Waals surface area (Å²) in [5, 5.41) is 11.4. The van der Waals surface area contributed by atoms with Gasteiger partial charge in [-0.1, -0.05) is 29.3 Å². The molecular formula is C13H15BrFNO3. The molecule has 4 nitrogen and oxygen atoms in total. The van der Waals surface area contributed by atoms with Crippen LogP contribution >= 0.6 is 15.9 Å².